The molecule has 0 bridgehead atoms. The zero-order chi connectivity index (χ0) is 15.4. The fraction of sp³-hybridized carbons (Fsp3) is 0.333. The Hall–Kier alpha value is -1.94. The van der Waals surface area contributed by atoms with Crippen LogP contribution < -0.4 is 11.3 Å². The Balaban J connectivity index is 2.41. The van der Waals surface area contributed by atoms with Gasteiger partial charge in [-0.25, -0.2) is 5.84 Å². The van der Waals surface area contributed by atoms with Crippen LogP contribution in [0.15, 0.2) is 24.3 Å². The number of nitrogen functional groups attached to an aromatic ring is 1. The molecule has 1 amide bonds. The van der Waals surface area contributed by atoms with Crippen molar-refractivity contribution in [3.63, 3.8) is 0 Å². The van der Waals surface area contributed by atoms with Crippen LogP contribution in [0.2, 0.25) is 0 Å². The molecule has 1 unspecified atom stereocenters. The molecule has 1 atom stereocenters. The largest absolute Gasteiger partial charge is 0.298 e. The number of hydrazine groups is 1. The summed E-state index contributed by atoms with van der Waals surface area (Å²) >= 11 is 1.44. The van der Waals surface area contributed by atoms with Gasteiger partial charge in [0.15, 0.2) is 0 Å². The van der Waals surface area contributed by atoms with Gasteiger partial charge in [0.05, 0.1) is 17.4 Å². The standard InChI is InChI=1S/C15H18N4OS/c1-10(7-8-16)19(2)9-12-11-5-3-4-6-13(11)21-14(12)15(20)18-17/h3-6,10H,7,9,17H2,1-2H3,(H,18,20). The molecule has 0 aliphatic rings. The van der Waals surface area contributed by atoms with Gasteiger partial charge in [0, 0.05) is 17.3 Å². The molecule has 2 aromatic rings. The molecule has 110 valence electrons. The van der Waals surface area contributed by atoms with Gasteiger partial charge in [0.1, 0.15) is 0 Å². The summed E-state index contributed by atoms with van der Waals surface area (Å²) in [5.74, 6) is 5.01. The fourth-order valence-corrected chi connectivity index (χ4v) is 3.31. The number of nitrogens with one attached hydrogen (secondary N) is 1. The average molecular weight is 302 g/mol. The van der Waals surface area contributed by atoms with Crippen molar-refractivity contribution >= 4 is 27.3 Å². The van der Waals surface area contributed by atoms with Gasteiger partial charge in [-0.2, -0.15) is 5.26 Å². The lowest BCUT2D eigenvalue weighted by Gasteiger charge is -2.22. The highest BCUT2D eigenvalue weighted by Gasteiger charge is 2.20. The summed E-state index contributed by atoms with van der Waals surface area (Å²) in [5.41, 5.74) is 3.17. The Bertz CT molecular complexity index is 689. The number of nitrogens with zero attached hydrogens (tertiary/aromatic N) is 2. The Morgan fingerprint density at radius 3 is 2.90 bits per heavy atom. The summed E-state index contributed by atoms with van der Waals surface area (Å²) in [6.45, 7) is 2.61. The van der Waals surface area contributed by atoms with Crippen LogP contribution in [0.4, 0.5) is 0 Å². The van der Waals surface area contributed by atoms with E-state index in [9.17, 15) is 4.79 Å². The summed E-state index contributed by atoms with van der Waals surface area (Å²) in [7, 11) is 1.96. The zero-order valence-electron chi connectivity index (χ0n) is 12.1. The first-order valence-electron chi connectivity index (χ1n) is 6.67. The molecule has 21 heavy (non-hydrogen) atoms. The molecule has 5 nitrogen and oxygen atoms in total. The predicted octanol–water partition coefficient (Wildman–Crippen LogP) is 2.24. The summed E-state index contributed by atoms with van der Waals surface area (Å²) in [4.78, 5) is 14.7. The van der Waals surface area contributed by atoms with Crippen molar-refractivity contribution in [2.75, 3.05) is 7.05 Å². The number of nitriles is 1. The Morgan fingerprint density at radius 1 is 1.52 bits per heavy atom. The van der Waals surface area contributed by atoms with E-state index in [-0.39, 0.29) is 11.9 Å². The minimum atomic E-state index is -0.271. The number of amides is 1. The van der Waals surface area contributed by atoms with Crippen LogP contribution in [0, 0.1) is 11.3 Å². The summed E-state index contributed by atoms with van der Waals surface area (Å²) in [5, 5.41) is 9.88. The molecule has 0 saturated heterocycles. The first-order chi connectivity index (χ1) is 10.1. The summed E-state index contributed by atoms with van der Waals surface area (Å²) in [6, 6.07) is 10.2. The lowest BCUT2D eigenvalue weighted by Crippen LogP contribution is -2.32. The predicted molar refractivity (Wildman–Crippen MR) is 84.6 cm³/mol. The number of benzene rings is 1. The van der Waals surface area contributed by atoms with Crippen LogP contribution in [-0.2, 0) is 6.54 Å². The van der Waals surface area contributed by atoms with Gasteiger partial charge in [-0.15, -0.1) is 11.3 Å². The SMILES string of the molecule is CC(CC#N)N(C)Cc1c(C(=O)NN)sc2ccccc12. The minimum Gasteiger partial charge on any atom is -0.298 e. The Labute approximate surface area is 127 Å². The number of nitrogens with two attached hydrogens (primary N) is 1. The van der Waals surface area contributed by atoms with E-state index in [1.807, 2.05) is 38.2 Å². The Morgan fingerprint density at radius 2 is 2.24 bits per heavy atom. The number of carbonyl (C=O) groups excluding carboxylic acids is 1. The summed E-state index contributed by atoms with van der Waals surface area (Å²) < 4.78 is 1.06. The second-order valence-electron chi connectivity index (χ2n) is 5.01. The maximum atomic E-state index is 12.0. The van der Waals surface area contributed by atoms with Gasteiger partial charge in [0.25, 0.3) is 5.91 Å². The molecular weight excluding hydrogens is 284 g/mol. The van der Waals surface area contributed by atoms with Crippen molar-refractivity contribution in [3.8, 4) is 6.07 Å². The number of rotatable bonds is 5. The molecule has 0 aliphatic carbocycles. The van der Waals surface area contributed by atoms with Crippen molar-refractivity contribution in [1.82, 2.24) is 10.3 Å². The normalized spacial score (nSPS) is 12.3. The molecule has 0 aliphatic heterocycles. The molecule has 1 aromatic heterocycles. The van der Waals surface area contributed by atoms with Crippen molar-refractivity contribution in [2.24, 2.45) is 5.84 Å². The monoisotopic (exact) mass is 302 g/mol. The van der Waals surface area contributed by atoms with Crippen molar-refractivity contribution in [3.05, 3.63) is 34.7 Å². The first kappa shape index (κ1) is 15.4. The topological polar surface area (TPSA) is 82.2 Å². The van der Waals surface area contributed by atoms with E-state index < -0.39 is 0 Å². The van der Waals surface area contributed by atoms with Gasteiger partial charge in [0.2, 0.25) is 0 Å². The van der Waals surface area contributed by atoms with E-state index in [4.69, 9.17) is 11.1 Å². The second kappa shape index (κ2) is 6.68. The van der Waals surface area contributed by atoms with Crippen molar-refractivity contribution < 1.29 is 4.79 Å². The van der Waals surface area contributed by atoms with E-state index in [1.54, 1.807) is 0 Å². The van der Waals surface area contributed by atoms with Crippen LogP contribution in [0.5, 0.6) is 0 Å². The van der Waals surface area contributed by atoms with Crippen LogP contribution in [-0.4, -0.2) is 23.9 Å². The van der Waals surface area contributed by atoms with Gasteiger partial charge < -0.3 is 0 Å². The molecule has 6 heteroatoms. The molecule has 0 spiro atoms. The van der Waals surface area contributed by atoms with Crippen LogP contribution in [0.3, 0.4) is 0 Å². The number of carbonyl (C=O) groups is 1. The average Bonchev–Trinajstić information content (AvgIpc) is 2.85. The fourth-order valence-electron chi connectivity index (χ4n) is 2.20. The highest BCUT2D eigenvalue weighted by molar-refractivity contribution is 7.21. The van der Waals surface area contributed by atoms with Crippen LogP contribution in [0.25, 0.3) is 10.1 Å². The van der Waals surface area contributed by atoms with E-state index in [0.717, 1.165) is 15.6 Å². The van der Waals surface area contributed by atoms with Crippen molar-refractivity contribution in [2.45, 2.75) is 25.9 Å². The van der Waals surface area contributed by atoms with Crippen molar-refractivity contribution in [1.29, 1.82) is 5.26 Å². The zero-order valence-corrected chi connectivity index (χ0v) is 12.9. The maximum Gasteiger partial charge on any atom is 0.275 e. The molecule has 1 aromatic carbocycles. The van der Waals surface area contributed by atoms with Gasteiger partial charge in [-0.05, 0) is 31.0 Å². The third kappa shape index (κ3) is 3.22. The maximum absolute atomic E-state index is 12.0. The first-order valence-corrected chi connectivity index (χ1v) is 7.48. The molecular formula is C15H18N4OS. The van der Waals surface area contributed by atoms with E-state index in [1.165, 1.54) is 11.3 Å². The van der Waals surface area contributed by atoms with Crippen LogP contribution >= 0.6 is 11.3 Å². The van der Waals surface area contributed by atoms with Gasteiger partial charge >= 0.3 is 0 Å². The second-order valence-corrected chi connectivity index (χ2v) is 6.06. The highest BCUT2D eigenvalue weighted by atomic mass is 32.1. The third-order valence-corrected chi connectivity index (χ3v) is 4.79. The summed E-state index contributed by atoms with van der Waals surface area (Å²) in [6.07, 6.45) is 0.455. The van der Waals surface area contributed by atoms with E-state index in [2.05, 4.69) is 16.4 Å². The minimum absolute atomic E-state index is 0.127. The smallest absolute Gasteiger partial charge is 0.275 e. The molecule has 3 N–H and O–H groups in total. The van der Waals surface area contributed by atoms with Gasteiger partial charge in [-0.3, -0.25) is 15.1 Å². The molecule has 1 heterocycles. The molecule has 0 fully saturated rings. The Kier molecular flexibility index (Phi) is 4.91. The van der Waals surface area contributed by atoms with Crippen LogP contribution in [0.1, 0.15) is 28.6 Å². The highest BCUT2D eigenvalue weighted by Crippen LogP contribution is 2.32. The number of hydrogen-bond acceptors (Lipinski definition) is 5. The lowest BCUT2D eigenvalue weighted by atomic mass is 10.1. The third-order valence-electron chi connectivity index (χ3n) is 3.58. The molecule has 0 saturated carbocycles. The lowest BCUT2D eigenvalue weighted by molar-refractivity contribution is 0.0955. The van der Waals surface area contributed by atoms with E-state index >= 15 is 0 Å². The number of thiophene rings is 1. The van der Waals surface area contributed by atoms with E-state index in [0.29, 0.717) is 17.8 Å². The number of fused-ring (bicyclic) bond motifs is 1. The number of hydrogen-bond donors (Lipinski definition) is 2. The molecule has 0 radical (unpaired) electrons. The van der Waals surface area contributed by atoms with Gasteiger partial charge in [-0.1, -0.05) is 18.2 Å². The quantitative estimate of drug-likeness (QED) is 0.504. The molecule has 2 rings (SSSR count).